The highest BCUT2D eigenvalue weighted by atomic mass is 32.1. The molecule has 2 fully saturated rings. The van der Waals surface area contributed by atoms with E-state index in [1.807, 2.05) is 62.0 Å². The number of carboxylic acids is 1. The first-order chi connectivity index (χ1) is 18.5. The Morgan fingerprint density at radius 1 is 1.08 bits per heavy atom. The molecule has 2 saturated carbocycles. The predicted molar refractivity (Wildman–Crippen MR) is 158 cm³/mol. The summed E-state index contributed by atoms with van der Waals surface area (Å²) >= 11 is 1.18. The molecule has 0 saturated heterocycles. The van der Waals surface area contributed by atoms with Crippen LogP contribution < -0.4 is 15.3 Å². The van der Waals surface area contributed by atoms with Gasteiger partial charge in [-0.1, -0.05) is 24.8 Å². The summed E-state index contributed by atoms with van der Waals surface area (Å²) < 4.78 is 0. The molecule has 0 aliphatic heterocycles. The van der Waals surface area contributed by atoms with Gasteiger partial charge in [-0.25, -0.2) is 15.2 Å². The molecule has 0 aromatic carbocycles. The summed E-state index contributed by atoms with van der Waals surface area (Å²) in [4.78, 5) is 33.7. The summed E-state index contributed by atoms with van der Waals surface area (Å²) in [5.41, 5.74) is 3.88. The summed E-state index contributed by atoms with van der Waals surface area (Å²) in [6.45, 7) is 8.34. The summed E-state index contributed by atoms with van der Waals surface area (Å²) in [6.07, 6.45) is 8.98. The van der Waals surface area contributed by atoms with Crippen LogP contribution in [0, 0.1) is 29.1 Å². The van der Waals surface area contributed by atoms with Gasteiger partial charge in [0.05, 0.1) is 10.6 Å². The van der Waals surface area contributed by atoms with Crippen molar-refractivity contribution in [3.8, 4) is 11.8 Å². The van der Waals surface area contributed by atoms with Gasteiger partial charge in [0, 0.05) is 36.7 Å². The molecule has 2 aliphatic carbocycles. The van der Waals surface area contributed by atoms with Crippen LogP contribution in [0.1, 0.15) is 93.6 Å². The number of carbonyl (C=O) groups is 2. The van der Waals surface area contributed by atoms with Crippen molar-refractivity contribution in [1.29, 1.82) is 0 Å². The first-order valence-electron chi connectivity index (χ1n) is 14.2. The van der Waals surface area contributed by atoms with Crippen molar-refractivity contribution >= 4 is 34.7 Å². The van der Waals surface area contributed by atoms with Crippen molar-refractivity contribution in [1.82, 2.24) is 10.4 Å². The summed E-state index contributed by atoms with van der Waals surface area (Å²) in [6, 6.07) is 7.90. The number of pyridine rings is 1. The Balaban J connectivity index is 1.58. The van der Waals surface area contributed by atoms with Crippen LogP contribution in [0.2, 0.25) is 0 Å². The summed E-state index contributed by atoms with van der Waals surface area (Å²) in [7, 11) is 1.97. The molecule has 2 N–H and O–H groups in total. The van der Waals surface area contributed by atoms with Crippen molar-refractivity contribution in [2.24, 2.45) is 17.3 Å². The second-order valence-electron chi connectivity index (χ2n) is 12.2. The van der Waals surface area contributed by atoms with Crippen LogP contribution in [0.3, 0.4) is 0 Å². The van der Waals surface area contributed by atoms with E-state index in [1.54, 1.807) is 6.20 Å². The number of thiophene rings is 1. The first kappa shape index (κ1) is 29.1. The average Bonchev–Trinajstić information content (AvgIpc) is 3.33. The number of hydrogen-bond donors (Lipinski definition) is 2. The zero-order valence-electron chi connectivity index (χ0n) is 23.9. The minimum absolute atomic E-state index is 0.0359. The molecule has 0 spiro atoms. The molecule has 8 heteroatoms. The van der Waals surface area contributed by atoms with Crippen LogP contribution in [0.4, 0.5) is 11.5 Å². The highest BCUT2D eigenvalue weighted by molar-refractivity contribution is 7.15. The monoisotopic (exact) mass is 550 g/mol. The Labute approximate surface area is 237 Å². The number of nitrogens with zero attached hydrogens (tertiary/aromatic N) is 3. The van der Waals surface area contributed by atoms with Gasteiger partial charge in [-0.3, -0.25) is 9.80 Å². The van der Waals surface area contributed by atoms with Crippen LogP contribution in [0.25, 0.3) is 0 Å². The van der Waals surface area contributed by atoms with Gasteiger partial charge in [0.15, 0.2) is 0 Å². The lowest BCUT2D eigenvalue weighted by Gasteiger charge is -2.40. The number of carbonyl (C=O) groups excluding carboxylic acids is 1. The smallest absolute Gasteiger partial charge is 0.348 e. The van der Waals surface area contributed by atoms with Crippen molar-refractivity contribution in [3.05, 3.63) is 40.2 Å². The fraction of sp³-hybridized carbons (Fsp3) is 0.581. The number of amides is 1. The molecule has 2 aliphatic rings. The predicted octanol–water partition coefficient (Wildman–Crippen LogP) is 6.35. The van der Waals surface area contributed by atoms with E-state index in [9.17, 15) is 14.7 Å². The SMILES string of the molecule is CC1CCC(C(=O)N(c2cc(C#CC(C)(C)C)sc2C(=O)O)[C@H]2CC[C@H](NN(C)c3ccccn3)CC2)CC1. The molecule has 0 unspecified atom stereocenters. The van der Waals surface area contributed by atoms with E-state index in [0.717, 1.165) is 57.2 Å². The van der Waals surface area contributed by atoms with Gasteiger partial charge in [-0.05, 0) is 96.3 Å². The summed E-state index contributed by atoms with van der Waals surface area (Å²) in [5.74, 6) is 6.91. The topological polar surface area (TPSA) is 85.8 Å². The van der Waals surface area contributed by atoms with Gasteiger partial charge in [0.2, 0.25) is 5.91 Å². The van der Waals surface area contributed by atoms with E-state index in [2.05, 4.69) is 29.2 Å². The van der Waals surface area contributed by atoms with Crippen molar-refractivity contribution in [2.75, 3.05) is 17.0 Å². The van der Waals surface area contributed by atoms with Crippen LogP contribution >= 0.6 is 11.3 Å². The minimum atomic E-state index is -0.999. The second kappa shape index (κ2) is 12.5. The fourth-order valence-electron chi connectivity index (χ4n) is 5.58. The molecule has 39 heavy (non-hydrogen) atoms. The third kappa shape index (κ3) is 7.61. The van der Waals surface area contributed by atoms with Gasteiger partial charge >= 0.3 is 5.97 Å². The van der Waals surface area contributed by atoms with E-state index in [1.165, 1.54) is 11.3 Å². The number of rotatable bonds is 7. The van der Waals surface area contributed by atoms with Gasteiger partial charge in [0.25, 0.3) is 0 Å². The number of hydrazine groups is 1. The highest BCUT2D eigenvalue weighted by Crippen LogP contribution is 2.39. The molecule has 1 amide bonds. The number of anilines is 2. The van der Waals surface area contributed by atoms with E-state index in [-0.39, 0.29) is 34.2 Å². The molecule has 2 aromatic rings. The molecule has 2 heterocycles. The molecular weight excluding hydrogens is 508 g/mol. The lowest BCUT2D eigenvalue weighted by Crippen LogP contribution is -2.50. The minimum Gasteiger partial charge on any atom is -0.477 e. The largest absolute Gasteiger partial charge is 0.477 e. The van der Waals surface area contributed by atoms with Crippen LogP contribution in [-0.4, -0.2) is 41.1 Å². The molecule has 0 bridgehead atoms. The average molecular weight is 551 g/mol. The van der Waals surface area contributed by atoms with Gasteiger partial charge in [-0.2, -0.15) is 0 Å². The number of aromatic nitrogens is 1. The van der Waals surface area contributed by atoms with E-state index in [4.69, 9.17) is 0 Å². The number of nitrogens with one attached hydrogen (secondary N) is 1. The zero-order chi connectivity index (χ0) is 28.2. The van der Waals surface area contributed by atoms with E-state index >= 15 is 0 Å². The lowest BCUT2D eigenvalue weighted by molar-refractivity contribution is -0.124. The van der Waals surface area contributed by atoms with Gasteiger partial charge in [0.1, 0.15) is 10.7 Å². The number of aromatic carboxylic acids is 1. The van der Waals surface area contributed by atoms with Crippen molar-refractivity contribution in [2.45, 2.75) is 91.1 Å². The number of hydrogen-bond acceptors (Lipinski definition) is 6. The Morgan fingerprint density at radius 3 is 2.36 bits per heavy atom. The second-order valence-corrected chi connectivity index (χ2v) is 13.2. The molecule has 7 nitrogen and oxygen atoms in total. The van der Waals surface area contributed by atoms with Crippen LogP contribution in [-0.2, 0) is 4.79 Å². The van der Waals surface area contributed by atoms with Gasteiger partial charge in [-0.15, -0.1) is 11.3 Å². The maximum atomic E-state index is 14.1. The van der Waals surface area contributed by atoms with Gasteiger partial charge < -0.3 is 10.0 Å². The molecular formula is C31H42N4O3S. The first-order valence-corrected chi connectivity index (χ1v) is 15.0. The molecule has 0 radical (unpaired) electrons. The zero-order valence-corrected chi connectivity index (χ0v) is 24.7. The molecule has 4 rings (SSSR count). The molecule has 210 valence electrons. The standard InChI is InChI=1S/C31H42N4O3S/c1-21-9-11-22(12-10-21)29(36)35(26-20-25(17-18-31(2,3)4)39-28(26)30(37)38)24-15-13-23(14-16-24)33-34(5)27-8-6-7-19-32-27/h6-8,19-24,33H,9-16H2,1-5H3,(H,37,38)/t21?,22?,23-,24-. The number of carboxylic acid groups (broad SMARTS) is 1. The lowest BCUT2D eigenvalue weighted by atomic mass is 9.81. The third-order valence-electron chi connectivity index (χ3n) is 7.76. The van der Waals surface area contributed by atoms with Crippen LogP contribution in [0.5, 0.6) is 0 Å². The molecule has 0 atom stereocenters. The maximum Gasteiger partial charge on any atom is 0.348 e. The Kier molecular flexibility index (Phi) is 9.35. The van der Waals surface area contributed by atoms with Crippen molar-refractivity contribution < 1.29 is 14.7 Å². The normalized spacial score (nSPS) is 23.4. The quantitative estimate of drug-likeness (QED) is 0.309. The summed E-state index contributed by atoms with van der Waals surface area (Å²) in [5, 5.41) is 12.1. The van der Waals surface area contributed by atoms with Crippen molar-refractivity contribution in [3.63, 3.8) is 0 Å². The molecule has 2 aromatic heterocycles. The Bertz CT molecular complexity index is 1190. The fourth-order valence-corrected chi connectivity index (χ4v) is 6.42. The van der Waals surface area contributed by atoms with E-state index < -0.39 is 5.97 Å². The maximum absolute atomic E-state index is 14.1. The van der Waals surface area contributed by atoms with Crippen LogP contribution in [0.15, 0.2) is 30.5 Å². The Morgan fingerprint density at radius 2 is 1.77 bits per heavy atom. The third-order valence-corrected chi connectivity index (χ3v) is 8.79. The van der Waals surface area contributed by atoms with E-state index in [0.29, 0.717) is 16.5 Å². The Hall–Kier alpha value is -2.89. The highest BCUT2D eigenvalue weighted by Gasteiger charge is 2.37.